The number of carbonyl (C=O) groups is 3. The second-order valence-electron chi connectivity index (χ2n) is 6.52. The van der Waals surface area contributed by atoms with E-state index in [9.17, 15) is 14.4 Å². The molecule has 0 bridgehead atoms. The molecule has 0 heterocycles. The fourth-order valence-corrected chi connectivity index (χ4v) is 2.59. The van der Waals surface area contributed by atoms with Gasteiger partial charge in [-0.05, 0) is 30.0 Å². The van der Waals surface area contributed by atoms with Crippen molar-refractivity contribution >= 4 is 17.8 Å². The number of amides is 2. The Morgan fingerprint density at radius 2 is 1.77 bits per heavy atom. The summed E-state index contributed by atoms with van der Waals surface area (Å²) in [6.07, 6.45) is 0.725. The van der Waals surface area contributed by atoms with Crippen molar-refractivity contribution in [3.05, 3.63) is 29.8 Å². The van der Waals surface area contributed by atoms with Gasteiger partial charge >= 0.3 is 5.97 Å². The zero-order chi connectivity index (χ0) is 19.7. The van der Waals surface area contributed by atoms with Crippen LogP contribution in [0.4, 0.5) is 0 Å². The summed E-state index contributed by atoms with van der Waals surface area (Å²) < 4.78 is 9.99. The zero-order valence-electron chi connectivity index (χ0n) is 16.0. The molecule has 1 aromatic carbocycles. The first kappa shape index (κ1) is 21.5. The lowest BCUT2D eigenvalue weighted by molar-refractivity contribution is -0.145. The SMILES string of the molecule is COC(=O)[C@H](Cc1cccc(OC)c1)NC(=O)[C@H](CC(C)C)NC(C)=O. The number of ether oxygens (including phenoxy) is 2. The Morgan fingerprint density at radius 3 is 2.31 bits per heavy atom. The minimum absolute atomic E-state index is 0.201. The molecule has 0 spiro atoms. The molecule has 0 saturated carbocycles. The second-order valence-corrected chi connectivity index (χ2v) is 6.52. The Bertz CT molecular complexity index is 630. The molecule has 0 aliphatic rings. The molecule has 0 aliphatic carbocycles. The van der Waals surface area contributed by atoms with Crippen LogP contribution in [0.15, 0.2) is 24.3 Å². The summed E-state index contributed by atoms with van der Waals surface area (Å²) in [6.45, 7) is 5.26. The largest absolute Gasteiger partial charge is 0.497 e. The smallest absolute Gasteiger partial charge is 0.328 e. The number of rotatable bonds is 9. The van der Waals surface area contributed by atoms with Crippen LogP contribution < -0.4 is 15.4 Å². The number of benzene rings is 1. The average molecular weight is 364 g/mol. The number of carbonyl (C=O) groups excluding carboxylic acids is 3. The molecular weight excluding hydrogens is 336 g/mol. The normalized spacial score (nSPS) is 12.8. The van der Waals surface area contributed by atoms with Gasteiger partial charge in [0.05, 0.1) is 14.2 Å². The number of methoxy groups -OCH3 is 2. The zero-order valence-corrected chi connectivity index (χ0v) is 16.0. The second kappa shape index (κ2) is 10.4. The van der Waals surface area contributed by atoms with Crippen LogP contribution in [-0.2, 0) is 25.5 Å². The Hall–Kier alpha value is -2.57. The van der Waals surface area contributed by atoms with Crippen LogP contribution in [0.25, 0.3) is 0 Å². The molecule has 0 aromatic heterocycles. The lowest BCUT2D eigenvalue weighted by atomic mass is 10.0. The molecule has 26 heavy (non-hydrogen) atoms. The van der Waals surface area contributed by atoms with E-state index in [0.29, 0.717) is 12.2 Å². The maximum Gasteiger partial charge on any atom is 0.328 e. The molecule has 144 valence electrons. The minimum atomic E-state index is -0.858. The average Bonchev–Trinajstić information content (AvgIpc) is 2.59. The van der Waals surface area contributed by atoms with E-state index in [1.165, 1.54) is 14.0 Å². The van der Waals surface area contributed by atoms with Crippen LogP contribution in [0.2, 0.25) is 0 Å². The van der Waals surface area contributed by atoms with Crippen LogP contribution in [0.3, 0.4) is 0 Å². The first-order chi connectivity index (χ1) is 12.3. The van der Waals surface area contributed by atoms with Crippen molar-refractivity contribution in [2.75, 3.05) is 14.2 Å². The molecule has 7 nitrogen and oxygen atoms in total. The fraction of sp³-hybridized carbons (Fsp3) is 0.526. The molecule has 0 saturated heterocycles. The third-order valence-electron chi connectivity index (χ3n) is 3.78. The maximum absolute atomic E-state index is 12.6. The molecule has 0 radical (unpaired) electrons. The molecule has 1 aromatic rings. The van der Waals surface area contributed by atoms with E-state index in [-0.39, 0.29) is 18.2 Å². The van der Waals surface area contributed by atoms with Gasteiger partial charge in [0.2, 0.25) is 11.8 Å². The van der Waals surface area contributed by atoms with Gasteiger partial charge in [-0.2, -0.15) is 0 Å². The van der Waals surface area contributed by atoms with Crippen molar-refractivity contribution in [1.29, 1.82) is 0 Å². The molecular formula is C19H28N2O5. The van der Waals surface area contributed by atoms with Gasteiger partial charge < -0.3 is 20.1 Å². The predicted octanol–water partition coefficient (Wildman–Crippen LogP) is 1.45. The summed E-state index contributed by atoms with van der Waals surface area (Å²) in [4.78, 5) is 36.1. The van der Waals surface area contributed by atoms with Crippen molar-refractivity contribution < 1.29 is 23.9 Å². The lowest BCUT2D eigenvalue weighted by Gasteiger charge is -2.23. The molecule has 2 N–H and O–H groups in total. The molecule has 1 rings (SSSR count). The Morgan fingerprint density at radius 1 is 1.08 bits per heavy atom. The highest BCUT2D eigenvalue weighted by atomic mass is 16.5. The van der Waals surface area contributed by atoms with Crippen LogP contribution in [0.1, 0.15) is 32.8 Å². The monoisotopic (exact) mass is 364 g/mol. The molecule has 0 unspecified atom stereocenters. The molecule has 2 amide bonds. The standard InChI is InChI=1S/C19H28N2O5/c1-12(2)9-16(20-13(3)22)18(23)21-17(19(24)26-5)11-14-7-6-8-15(10-14)25-4/h6-8,10,12,16-17H,9,11H2,1-5H3,(H,20,22)(H,21,23)/t16-,17-/m0/s1. The Balaban J connectivity index is 2.92. The van der Waals surface area contributed by atoms with E-state index in [1.807, 2.05) is 26.0 Å². The van der Waals surface area contributed by atoms with Gasteiger partial charge in [-0.25, -0.2) is 4.79 Å². The van der Waals surface area contributed by atoms with Crippen molar-refractivity contribution in [2.45, 2.75) is 45.7 Å². The summed E-state index contributed by atoms with van der Waals surface area (Å²) in [6, 6.07) is 5.67. The van der Waals surface area contributed by atoms with Gasteiger partial charge in [-0.15, -0.1) is 0 Å². The highest BCUT2D eigenvalue weighted by Crippen LogP contribution is 2.15. The van der Waals surface area contributed by atoms with E-state index < -0.39 is 24.0 Å². The van der Waals surface area contributed by atoms with E-state index in [1.54, 1.807) is 19.2 Å². The summed E-state index contributed by atoms with van der Waals surface area (Å²) in [5.74, 6) is -0.395. The summed E-state index contributed by atoms with van der Waals surface area (Å²) in [5.41, 5.74) is 0.819. The summed E-state index contributed by atoms with van der Waals surface area (Å²) in [7, 11) is 2.83. The highest BCUT2D eigenvalue weighted by Gasteiger charge is 2.27. The third kappa shape index (κ3) is 7.13. The quantitative estimate of drug-likeness (QED) is 0.647. The number of hydrogen-bond donors (Lipinski definition) is 2. The van der Waals surface area contributed by atoms with Crippen LogP contribution in [0.5, 0.6) is 5.75 Å². The van der Waals surface area contributed by atoms with E-state index in [4.69, 9.17) is 9.47 Å². The summed E-state index contributed by atoms with van der Waals surface area (Å²) >= 11 is 0. The van der Waals surface area contributed by atoms with Crippen LogP contribution >= 0.6 is 0 Å². The van der Waals surface area contributed by atoms with E-state index >= 15 is 0 Å². The predicted molar refractivity (Wildman–Crippen MR) is 97.7 cm³/mol. The van der Waals surface area contributed by atoms with Crippen molar-refractivity contribution in [1.82, 2.24) is 10.6 Å². The highest BCUT2D eigenvalue weighted by molar-refractivity contribution is 5.90. The van der Waals surface area contributed by atoms with Crippen LogP contribution in [0, 0.1) is 5.92 Å². The van der Waals surface area contributed by atoms with E-state index in [0.717, 1.165) is 5.56 Å². The Labute approximate surface area is 154 Å². The van der Waals surface area contributed by atoms with Crippen molar-refractivity contribution in [3.63, 3.8) is 0 Å². The topological polar surface area (TPSA) is 93.7 Å². The van der Waals surface area contributed by atoms with Gasteiger partial charge in [0.1, 0.15) is 17.8 Å². The van der Waals surface area contributed by atoms with Crippen molar-refractivity contribution in [2.24, 2.45) is 5.92 Å². The van der Waals surface area contributed by atoms with Gasteiger partial charge in [-0.3, -0.25) is 9.59 Å². The minimum Gasteiger partial charge on any atom is -0.497 e. The van der Waals surface area contributed by atoms with E-state index in [2.05, 4.69) is 10.6 Å². The lowest BCUT2D eigenvalue weighted by Crippen LogP contribution is -2.52. The van der Waals surface area contributed by atoms with Gasteiger partial charge in [0.15, 0.2) is 0 Å². The number of hydrogen-bond acceptors (Lipinski definition) is 5. The van der Waals surface area contributed by atoms with Crippen LogP contribution in [-0.4, -0.2) is 44.1 Å². The molecule has 7 heteroatoms. The van der Waals surface area contributed by atoms with Gasteiger partial charge in [-0.1, -0.05) is 26.0 Å². The third-order valence-corrected chi connectivity index (χ3v) is 3.78. The molecule has 2 atom stereocenters. The number of esters is 1. The van der Waals surface area contributed by atoms with Crippen molar-refractivity contribution in [3.8, 4) is 5.75 Å². The summed E-state index contributed by atoms with van der Waals surface area (Å²) in [5, 5.41) is 5.33. The molecule has 0 fully saturated rings. The maximum atomic E-state index is 12.6. The van der Waals surface area contributed by atoms with Gasteiger partial charge in [0.25, 0.3) is 0 Å². The number of nitrogens with one attached hydrogen (secondary N) is 2. The Kier molecular flexibility index (Phi) is 8.61. The fourth-order valence-electron chi connectivity index (χ4n) is 2.59. The molecule has 0 aliphatic heterocycles. The van der Waals surface area contributed by atoms with Gasteiger partial charge in [0, 0.05) is 13.3 Å². The first-order valence-corrected chi connectivity index (χ1v) is 8.55. The first-order valence-electron chi connectivity index (χ1n) is 8.55.